The second-order valence-electron chi connectivity index (χ2n) is 4.10. The number of thioether (sulfide) groups is 1. The second-order valence-corrected chi connectivity index (χ2v) is 9.66. The molecule has 0 aliphatic carbocycles. The lowest BCUT2D eigenvalue weighted by Gasteiger charge is -2.05. The quantitative estimate of drug-likeness (QED) is 0.706. The van der Waals surface area contributed by atoms with Crippen LogP contribution in [0.3, 0.4) is 0 Å². The third kappa shape index (κ3) is 5.07. The topological polar surface area (TPSA) is 46.2 Å². The predicted molar refractivity (Wildman–Crippen MR) is 89.8 cm³/mol. The summed E-state index contributed by atoms with van der Waals surface area (Å²) in [6, 6.07) is 9.85. The molecule has 114 valence electrons. The highest BCUT2D eigenvalue weighted by molar-refractivity contribution is 9.11. The van der Waals surface area contributed by atoms with Crippen molar-refractivity contribution < 1.29 is 12.8 Å². The van der Waals surface area contributed by atoms with Gasteiger partial charge < -0.3 is 0 Å². The van der Waals surface area contributed by atoms with Crippen molar-refractivity contribution in [3.63, 3.8) is 0 Å². The lowest BCUT2D eigenvalue weighted by atomic mass is 10.2. The van der Waals surface area contributed by atoms with Crippen LogP contribution in [0.5, 0.6) is 0 Å². The Kier molecular flexibility index (Phi) is 6.24. The number of nitrogens with one attached hydrogen (secondary N) is 1. The summed E-state index contributed by atoms with van der Waals surface area (Å²) in [5, 5.41) is 0. The molecule has 0 saturated carbocycles. The minimum atomic E-state index is -3.44. The molecule has 0 fully saturated rings. The average molecular weight is 410 g/mol. The summed E-state index contributed by atoms with van der Waals surface area (Å²) in [6.45, 7) is 0.316. The Bertz CT molecular complexity index is 703. The van der Waals surface area contributed by atoms with E-state index in [1.807, 2.05) is 0 Å². The Labute approximate surface area is 140 Å². The van der Waals surface area contributed by atoms with Gasteiger partial charge in [0.05, 0.1) is 3.79 Å². The maximum Gasteiger partial charge on any atom is 0.250 e. The van der Waals surface area contributed by atoms with Crippen LogP contribution in [0.15, 0.2) is 44.4 Å². The number of benzene rings is 1. The summed E-state index contributed by atoms with van der Waals surface area (Å²) in [7, 11) is -3.44. The van der Waals surface area contributed by atoms with Crippen molar-refractivity contribution >= 4 is 49.1 Å². The first-order valence-corrected chi connectivity index (χ1v) is 10.3. The largest absolute Gasteiger partial charge is 0.250 e. The summed E-state index contributed by atoms with van der Waals surface area (Å²) in [4.78, 5) is 0. The Morgan fingerprint density at radius 1 is 1.24 bits per heavy atom. The number of hydrogen-bond donors (Lipinski definition) is 1. The van der Waals surface area contributed by atoms with E-state index in [0.29, 0.717) is 23.6 Å². The molecule has 1 aromatic carbocycles. The molecule has 0 amide bonds. The number of hydrogen-bond acceptors (Lipinski definition) is 4. The van der Waals surface area contributed by atoms with Gasteiger partial charge in [-0.05, 0) is 39.7 Å². The van der Waals surface area contributed by atoms with Gasteiger partial charge in [0.25, 0.3) is 0 Å². The number of thiophene rings is 1. The first-order chi connectivity index (χ1) is 9.99. The monoisotopic (exact) mass is 409 g/mol. The van der Waals surface area contributed by atoms with E-state index in [4.69, 9.17) is 0 Å². The van der Waals surface area contributed by atoms with Crippen LogP contribution in [0.1, 0.15) is 5.56 Å². The average Bonchev–Trinajstić information content (AvgIpc) is 2.88. The molecule has 0 atom stereocenters. The van der Waals surface area contributed by atoms with Gasteiger partial charge in [0.2, 0.25) is 10.0 Å². The number of rotatable bonds is 7. The standard InChI is InChI=1S/C13H13BrFNO2S3/c14-12-5-6-13(20-12)21(17,18)16-7-8-19-9-10-3-1-2-4-11(10)15/h1-6,16H,7-9H2. The summed E-state index contributed by atoms with van der Waals surface area (Å²) in [5.41, 5.74) is 0.632. The zero-order valence-corrected chi connectivity index (χ0v) is 14.9. The molecule has 0 unspecified atom stereocenters. The van der Waals surface area contributed by atoms with Gasteiger partial charge in [0.15, 0.2) is 0 Å². The Hall–Kier alpha value is -0.410. The highest BCUT2D eigenvalue weighted by Gasteiger charge is 2.15. The van der Waals surface area contributed by atoms with Crippen LogP contribution in [0.25, 0.3) is 0 Å². The van der Waals surface area contributed by atoms with Crippen molar-refractivity contribution in [1.82, 2.24) is 4.72 Å². The van der Waals surface area contributed by atoms with Crippen LogP contribution in [0, 0.1) is 5.82 Å². The van der Waals surface area contributed by atoms with Gasteiger partial charge in [0.1, 0.15) is 10.0 Å². The lowest BCUT2D eigenvalue weighted by molar-refractivity contribution is 0.586. The molecule has 0 bridgehead atoms. The molecule has 2 rings (SSSR count). The highest BCUT2D eigenvalue weighted by Crippen LogP contribution is 2.25. The SMILES string of the molecule is O=S(=O)(NCCSCc1ccccc1F)c1ccc(Br)s1. The van der Waals surface area contributed by atoms with Gasteiger partial charge in [-0.3, -0.25) is 0 Å². The fraction of sp³-hybridized carbons (Fsp3) is 0.231. The maximum atomic E-state index is 13.4. The molecule has 2 aromatic rings. The van der Waals surface area contributed by atoms with Crippen molar-refractivity contribution in [1.29, 1.82) is 0 Å². The molecule has 8 heteroatoms. The minimum Gasteiger partial charge on any atom is -0.210 e. The molecule has 1 aromatic heterocycles. The molecule has 0 aliphatic heterocycles. The van der Waals surface area contributed by atoms with E-state index in [1.54, 1.807) is 30.3 Å². The molecule has 0 aliphatic rings. The smallest absolute Gasteiger partial charge is 0.210 e. The van der Waals surface area contributed by atoms with E-state index >= 15 is 0 Å². The highest BCUT2D eigenvalue weighted by atomic mass is 79.9. The first-order valence-electron chi connectivity index (χ1n) is 6.05. The van der Waals surface area contributed by atoms with Gasteiger partial charge in [-0.15, -0.1) is 11.3 Å². The van der Waals surface area contributed by atoms with Crippen LogP contribution in [-0.2, 0) is 15.8 Å². The van der Waals surface area contributed by atoms with Gasteiger partial charge in [0, 0.05) is 18.1 Å². The molecular formula is C13H13BrFNO2S3. The van der Waals surface area contributed by atoms with Gasteiger partial charge in [-0.1, -0.05) is 18.2 Å². The Morgan fingerprint density at radius 2 is 2.00 bits per heavy atom. The number of sulfonamides is 1. The van der Waals surface area contributed by atoms with Crippen molar-refractivity contribution in [2.45, 2.75) is 9.96 Å². The maximum absolute atomic E-state index is 13.4. The van der Waals surface area contributed by atoms with E-state index in [9.17, 15) is 12.8 Å². The van der Waals surface area contributed by atoms with Crippen molar-refractivity contribution in [3.05, 3.63) is 51.6 Å². The molecular weight excluding hydrogens is 397 g/mol. The fourth-order valence-electron chi connectivity index (χ4n) is 1.56. The molecule has 1 N–H and O–H groups in total. The van der Waals surface area contributed by atoms with Crippen LogP contribution in [-0.4, -0.2) is 20.7 Å². The molecule has 0 radical (unpaired) electrons. The minimum absolute atomic E-state index is 0.228. The molecule has 21 heavy (non-hydrogen) atoms. The van der Waals surface area contributed by atoms with Crippen LogP contribution >= 0.6 is 39.0 Å². The van der Waals surface area contributed by atoms with E-state index in [1.165, 1.54) is 29.2 Å². The second kappa shape index (κ2) is 7.73. The normalized spacial score (nSPS) is 11.7. The fourth-order valence-corrected chi connectivity index (χ4v) is 5.62. The lowest BCUT2D eigenvalue weighted by Crippen LogP contribution is -2.25. The van der Waals surface area contributed by atoms with Crippen molar-refractivity contribution in [2.24, 2.45) is 0 Å². The first kappa shape index (κ1) is 17.0. The molecule has 1 heterocycles. The molecule has 3 nitrogen and oxygen atoms in total. The summed E-state index contributed by atoms with van der Waals surface area (Å²) < 4.78 is 40.9. The molecule has 0 saturated heterocycles. The Balaban J connectivity index is 1.76. The summed E-state index contributed by atoms with van der Waals surface area (Å²) in [6.07, 6.45) is 0. The number of halogens is 2. The Morgan fingerprint density at radius 3 is 2.67 bits per heavy atom. The summed E-state index contributed by atoms with van der Waals surface area (Å²) in [5.74, 6) is 0.882. The zero-order chi connectivity index (χ0) is 15.3. The van der Waals surface area contributed by atoms with Crippen molar-refractivity contribution in [2.75, 3.05) is 12.3 Å². The predicted octanol–water partition coefficient (Wildman–Crippen LogP) is 3.86. The third-order valence-corrected chi connectivity index (χ3v) is 7.15. The van der Waals surface area contributed by atoms with E-state index in [-0.39, 0.29) is 10.0 Å². The van der Waals surface area contributed by atoms with Crippen LogP contribution < -0.4 is 4.72 Å². The zero-order valence-electron chi connectivity index (χ0n) is 10.9. The van der Waals surface area contributed by atoms with Crippen LogP contribution in [0.2, 0.25) is 0 Å². The van der Waals surface area contributed by atoms with Gasteiger partial charge >= 0.3 is 0 Å². The molecule has 0 spiro atoms. The van der Waals surface area contributed by atoms with E-state index in [2.05, 4.69) is 20.7 Å². The van der Waals surface area contributed by atoms with Gasteiger partial charge in [-0.2, -0.15) is 11.8 Å². The van der Waals surface area contributed by atoms with Gasteiger partial charge in [-0.25, -0.2) is 17.5 Å². The van der Waals surface area contributed by atoms with Crippen LogP contribution in [0.4, 0.5) is 4.39 Å². The van der Waals surface area contributed by atoms with E-state index in [0.717, 1.165) is 3.79 Å². The van der Waals surface area contributed by atoms with Crippen molar-refractivity contribution in [3.8, 4) is 0 Å². The van der Waals surface area contributed by atoms with E-state index < -0.39 is 10.0 Å². The summed E-state index contributed by atoms with van der Waals surface area (Å²) >= 11 is 5.89. The third-order valence-electron chi connectivity index (χ3n) is 2.57.